The Hall–Kier alpha value is -2.27. The summed E-state index contributed by atoms with van der Waals surface area (Å²) in [5.74, 6) is 0. The van der Waals surface area contributed by atoms with Crippen molar-refractivity contribution in [3.05, 3.63) is 71.8 Å². The maximum absolute atomic E-state index is 13.0. The molecule has 0 aromatic heterocycles. The Bertz CT molecular complexity index is 945. The van der Waals surface area contributed by atoms with Crippen molar-refractivity contribution in [2.75, 3.05) is 3.11 Å². The molecular weight excluding hydrogens is 428 g/mol. The molecule has 0 aliphatic carbocycles. The van der Waals surface area contributed by atoms with Crippen LogP contribution in [0.25, 0.3) is 10.8 Å². The molecule has 0 aliphatic rings. The van der Waals surface area contributed by atoms with Gasteiger partial charge in [-0.05, 0) is 41.1 Å². The molecule has 0 amide bonds. The van der Waals surface area contributed by atoms with Gasteiger partial charge in [0.1, 0.15) is 0 Å². The first-order chi connectivity index (χ1) is 11.4. The van der Waals surface area contributed by atoms with E-state index in [1.165, 1.54) is 6.07 Å². The molecule has 0 saturated heterocycles. The summed E-state index contributed by atoms with van der Waals surface area (Å²) < 4.78 is 40.7. The maximum Gasteiger partial charge on any atom is 0.416 e. The second-order valence-corrected chi connectivity index (χ2v) is 6.16. The van der Waals surface area contributed by atoms with Crippen LogP contribution in [0.2, 0.25) is 0 Å². The maximum atomic E-state index is 13.0. The van der Waals surface area contributed by atoms with Gasteiger partial charge in [-0.3, -0.25) is 3.11 Å². The number of fused-ring (bicyclic) bond motifs is 1. The fourth-order valence-electron chi connectivity index (χ4n) is 2.40. The Kier molecular flexibility index (Phi) is 4.37. The van der Waals surface area contributed by atoms with Gasteiger partial charge in [-0.2, -0.15) is 18.4 Å². The summed E-state index contributed by atoms with van der Waals surface area (Å²) in [5, 5.41) is 11.0. The molecule has 0 aliphatic heterocycles. The molecule has 0 saturated carbocycles. The first kappa shape index (κ1) is 16.6. The molecule has 0 spiro atoms. The Morgan fingerprint density at radius 1 is 0.875 bits per heavy atom. The fraction of sp³-hybridized carbons (Fsp3) is 0.0556. The highest BCUT2D eigenvalue weighted by molar-refractivity contribution is 14.1. The van der Waals surface area contributed by atoms with Crippen LogP contribution in [0.5, 0.6) is 0 Å². The van der Waals surface area contributed by atoms with Crippen molar-refractivity contribution in [3.63, 3.8) is 0 Å². The zero-order chi connectivity index (χ0) is 17.3. The van der Waals surface area contributed by atoms with E-state index in [9.17, 15) is 13.2 Å². The van der Waals surface area contributed by atoms with Gasteiger partial charge in [0.2, 0.25) is 0 Å². The van der Waals surface area contributed by atoms with E-state index in [0.29, 0.717) is 5.69 Å². The summed E-state index contributed by atoms with van der Waals surface area (Å²) in [6.07, 6.45) is -4.50. The van der Waals surface area contributed by atoms with E-state index in [1.807, 2.05) is 65.3 Å². The zero-order valence-electron chi connectivity index (χ0n) is 12.2. The number of halogens is 4. The number of nitrogens with zero attached hydrogens (tertiary/aromatic N) is 2. The molecule has 6 heteroatoms. The average molecular weight is 438 g/mol. The molecule has 0 heterocycles. The fourth-order valence-corrected chi connectivity index (χ4v) is 2.98. The van der Waals surface area contributed by atoms with E-state index in [1.54, 1.807) is 9.18 Å². The largest absolute Gasteiger partial charge is 0.416 e. The highest BCUT2D eigenvalue weighted by Crippen LogP contribution is 2.37. The standard InChI is InChI=1S/C18H10F3IN2/c19-18(20,21)15-7-12(11-23)8-17(10-15)24(22)16-6-5-13-3-1-2-4-14(13)9-16/h1-10H. The molecule has 0 unspecified atom stereocenters. The molecule has 120 valence electrons. The molecule has 3 rings (SSSR count). The molecule has 0 N–H and O–H groups in total. The molecular formula is C18H10F3IN2. The number of hydrogen-bond acceptors (Lipinski definition) is 2. The Morgan fingerprint density at radius 3 is 2.25 bits per heavy atom. The van der Waals surface area contributed by atoms with Gasteiger partial charge >= 0.3 is 6.18 Å². The van der Waals surface area contributed by atoms with Crippen LogP contribution >= 0.6 is 22.9 Å². The molecule has 0 bridgehead atoms. The Labute approximate surface area is 150 Å². The van der Waals surface area contributed by atoms with Crippen molar-refractivity contribution in [2.45, 2.75) is 6.18 Å². The molecule has 2 nitrogen and oxygen atoms in total. The Balaban J connectivity index is 2.08. The zero-order valence-corrected chi connectivity index (χ0v) is 14.3. The molecule has 3 aromatic rings. The number of alkyl halides is 3. The number of nitriles is 1. The molecule has 0 atom stereocenters. The van der Waals surface area contributed by atoms with Crippen LogP contribution in [0.3, 0.4) is 0 Å². The predicted molar refractivity (Wildman–Crippen MR) is 96.3 cm³/mol. The minimum Gasteiger partial charge on any atom is -0.283 e. The monoisotopic (exact) mass is 438 g/mol. The van der Waals surface area contributed by atoms with Crippen LogP contribution < -0.4 is 3.11 Å². The first-order valence-corrected chi connectivity index (χ1v) is 7.92. The lowest BCUT2D eigenvalue weighted by molar-refractivity contribution is -0.137. The van der Waals surface area contributed by atoms with Gasteiger partial charge in [0.15, 0.2) is 0 Å². The smallest absolute Gasteiger partial charge is 0.283 e. The SMILES string of the molecule is N#Cc1cc(N(I)c2ccc3ccccc3c2)cc(C(F)(F)F)c1. The normalized spacial score (nSPS) is 11.3. The minimum atomic E-state index is -4.50. The van der Waals surface area contributed by atoms with Crippen LogP contribution in [0.4, 0.5) is 24.5 Å². The molecule has 24 heavy (non-hydrogen) atoms. The van der Waals surface area contributed by atoms with Crippen LogP contribution in [0.15, 0.2) is 60.7 Å². The highest BCUT2D eigenvalue weighted by Gasteiger charge is 2.31. The number of anilines is 2. The van der Waals surface area contributed by atoms with Gasteiger partial charge < -0.3 is 0 Å². The predicted octanol–water partition coefficient (Wildman–Crippen LogP) is 6.22. The van der Waals surface area contributed by atoms with E-state index in [0.717, 1.165) is 28.6 Å². The lowest BCUT2D eigenvalue weighted by Gasteiger charge is -2.19. The van der Waals surface area contributed by atoms with Gasteiger partial charge in [-0.25, -0.2) is 0 Å². The lowest BCUT2D eigenvalue weighted by atomic mass is 10.1. The van der Waals surface area contributed by atoms with Crippen molar-refractivity contribution in [3.8, 4) is 6.07 Å². The van der Waals surface area contributed by atoms with E-state index in [4.69, 9.17) is 5.26 Å². The van der Waals surface area contributed by atoms with Gasteiger partial charge in [0.25, 0.3) is 0 Å². The molecule has 3 aromatic carbocycles. The second kappa shape index (κ2) is 6.32. The van der Waals surface area contributed by atoms with E-state index in [-0.39, 0.29) is 5.56 Å². The quantitative estimate of drug-likeness (QED) is 0.351. The second-order valence-electron chi connectivity index (χ2n) is 5.19. The van der Waals surface area contributed by atoms with Crippen LogP contribution in [-0.2, 0) is 6.18 Å². The molecule has 0 radical (unpaired) electrons. The van der Waals surface area contributed by atoms with Crippen LogP contribution in [-0.4, -0.2) is 0 Å². The lowest BCUT2D eigenvalue weighted by Crippen LogP contribution is -2.08. The van der Waals surface area contributed by atoms with Crippen molar-refractivity contribution >= 4 is 45.0 Å². The van der Waals surface area contributed by atoms with Gasteiger partial charge in [-0.15, -0.1) is 0 Å². The third-order valence-electron chi connectivity index (χ3n) is 3.56. The van der Waals surface area contributed by atoms with Crippen LogP contribution in [0.1, 0.15) is 11.1 Å². The average Bonchev–Trinajstić information content (AvgIpc) is 2.59. The summed E-state index contributed by atoms with van der Waals surface area (Å²) in [6.45, 7) is 0. The van der Waals surface area contributed by atoms with Gasteiger partial charge in [0.05, 0.1) is 51.4 Å². The summed E-state index contributed by atoms with van der Waals surface area (Å²) in [6, 6.07) is 18.5. The number of benzene rings is 3. The summed E-state index contributed by atoms with van der Waals surface area (Å²) in [7, 11) is 0. The van der Waals surface area contributed by atoms with Crippen molar-refractivity contribution in [1.29, 1.82) is 5.26 Å². The molecule has 0 fully saturated rings. The number of rotatable bonds is 2. The minimum absolute atomic E-state index is 0.0257. The van der Waals surface area contributed by atoms with Crippen molar-refractivity contribution in [2.24, 2.45) is 0 Å². The summed E-state index contributed by atoms with van der Waals surface area (Å²) in [4.78, 5) is 0. The summed E-state index contributed by atoms with van der Waals surface area (Å²) in [5.41, 5.74) is 0.177. The highest BCUT2D eigenvalue weighted by atomic mass is 127. The van der Waals surface area contributed by atoms with Gasteiger partial charge in [0, 0.05) is 0 Å². The number of hydrogen-bond donors (Lipinski definition) is 0. The van der Waals surface area contributed by atoms with Crippen LogP contribution in [0, 0.1) is 11.3 Å². The topological polar surface area (TPSA) is 27.0 Å². The van der Waals surface area contributed by atoms with E-state index in [2.05, 4.69) is 0 Å². The van der Waals surface area contributed by atoms with Gasteiger partial charge in [-0.1, -0.05) is 30.3 Å². The third-order valence-corrected chi connectivity index (χ3v) is 4.67. The summed E-state index contributed by atoms with van der Waals surface area (Å²) >= 11 is 1.94. The van der Waals surface area contributed by atoms with Crippen molar-refractivity contribution in [1.82, 2.24) is 0 Å². The Morgan fingerprint density at radius 2 is 1.58 bits per heavy atom. The first-order valence-electron chi connectivity index (χ1n) is 6.95. The third kappa shape index (κ3) is 3.31. The van der Waals surface area contributed by atoms with E-state index < -0.39 is 11.7 Å². The van der Waals surface area contributed by atoms with E-state index >= 15 is 0 Å². The van der Waals surface area contributed by atoms with Crippen molar-refractivity contribution < 1.29 is 13.2 Å².